The van der Waals surface area contributed by atoms with Gasteiger partial charge in [-0.3, -0.25) is 14.5 Å². The third kappa shape index (κ3) is 6.01. The number of nitrogens with one attached hydrogen (secondary N) is 1. The van der Waals surface area contributed by atoms with Crippen LogP contribution in [0.15, 0.2) is 24.3 Å². The Balaban J connectivity index is 2.28. The standard InChI is InChI=1S/C14H21N3O2/c1-11-5-3-4-6-12(11)7-8-16-14(19)10-17(2)9-13(15)18/h3-6H,7-10H2,1-2H3,(H2,15,18)(H,16,19). The highest BCUT2D eigenvalue weighted by Crippen LogP contribution is 2.06. The van der Waals surface area contributed by atoms with E-state index >= 15 is 0 Å². The maximum atomic E-state index is 11.6. The van der Waals surface area contributed by atoms with Gasteiger partial charge in [-0.1, -0.05) is 24.3 Å². The SMILES string of the molecule is Cc1ccccc1CCNC(=O)CN(C)CC(N)=O. The molecule has 1 aromatic carbocycles. The molecule has 104 valence electrons. The zero-order valence-electron chi connectivity index (χ0n) is 11.5. The fourth-order valence-electron chi connectivity index (χ4n) is 1.85. The van der Waals surface area contributed by atoms with Gasteiger partial charge >= 0.3 is 0 Å². The Morgan fingerprint density at radius 2 is 1.95 bits per heavy atom. The van der Waals surface area contributed by atoms with E-state index in [1.54, 1.807) is 11.9 Å². The molecule has 1 rings (SSSR count). The number of carbonyl (C=O) groups excluding carboxylic acids is 2. The van der Waals surface area contributed by atoms with Gasteiger partial charge in [-0.25, -0.2) is 0 Å². The molecule has 0 aliphatic heterocycles. The van der Waals surface area contributed by atoms with Gasteiger partial charge in [-0.05, 0) is 31.5 Å². The third-order valence-corrected chi connectivity index (χ3v) is 2.82. The van der Waals surface area contributed by atoms with Gasteiger partial charge in [0.25, 0.3) is 0 Å². The van der Waals surface area contributed by atoms with Gasteiger partial charge < -0.3 is 11.1 Å². The minimum absolute atomic E-state index is 0.0885. The van der Waals surface area contributed by atoms with E-state index in [0.29, 0.717) is 6.54 Å². The Morgan fingerprint density at radius 3 is 2.58 bits per heavy atom. The lowest BCUT2D eigenvalue weighted by molar-refractivity contribution is -0.123. The summed E-state index contributed by atoms with van der Waals surface area (Å²) in [5, 5.41) is 2.83. The zero-order chi connectivity index (χ0) is 14.3. The summed E-state index contributed by atoms with van der Waals surface area (Å²) in [6.45, 7) is 2.91. The number of aryl methyl sites for hydroxylation is 1. The van der Waals surface area contributed by atoms with Crippen LogP contribution in [0.3, 0.4) is 0 Å². The lowest BCUT2D eigenvalue weighted by atomic mass is 10.1. The second kappa shape index (κ2) is 7.53. The van der Waals surface area contributed by atoms with E-state index in [2.05, 4.69) is 24.4 Å². The molecular formula is C14H21N3O2. The third-order valence-electron chi connectivity index (χ3n) is 2.82. The summed E-state index contributed by atoms with van der Waals surface area (Å²) >= 11 is 0. The number of nitrogens with zero attached hydrogens (tertiary/aromatic N) is 1. The molecule has 0 spiro atoms. The molecule has 5 heteroatoms. The number of likely N-dealkylation sites (N-methyl/N-ethyl adjacent to an activating group) is 1. The molecule has 0 aromatic heterocycles. The van der Waals surface area contributed by atoms with Gasteiger partial charge in [-0.2, -0.15) is 0 Å². The number of rotatable bonds is 7. The van der Waals surface area contributed by atoms with Crippen LogP contribution in [-0.2, 0) is 16.0 Å². The van der Waals surface area contributed by atoms with Gasteiger partial charge in [-0.15, -0.1) is 0 Å². The van der Waals surface area contributed by atoms with E-state index in [1.165, 1.54) is 11.1 Å². The topological polar surface area (TPSA) is 75.4 Å². The molecule has 0 saturated carbocycles. The van der Waals surface area contributed by atoms with Crippen LogP contribution in [0.5, 0.6) is 0 Å². The molecule has 0 aliphatic rings. The highest BCUT2D eigenvalue weighted by atomic mass is 16.2. The minimum atomic E-state index is -0.435. The first kappa shape index (κ1) is 15.2. The molecule has 0 radical (unpaired) electrons. The largest absolute Gasteiger partial charge is 0.369 e. The van der Waals surface area contributed by atoms with Crippen molar-refractivity contribution in [2.75, 3.05) is 26.7 Å². The molecule has 0 bridgehead atoms. The van der Waals surface area contributed by atoms with Crippen molar-refractivity contribution in [2.24, 2.45) is 5.73 Å². The van der Waals surface area contributed by atoms with E-state index in [9.17, 15) is 9.59 Å². The van der Waals surface area contributed by atoms with Crippen LogP contribution in [-0.4, -0.2) is 43.4 Å². The molecule has 5 nitrogen and oxygen atoms in total. The quantitative estimate of drug-likeness (QED) is 0.731. The van der Waals surface area contributed by atoms with Crippen molar-refractivity contribution in [3.8, 4) is 0 Å². The van der Waals surface area contributed by atoms with Gasteiger partial charge in [0.2, 0.25) is 11.8 Å². The molecule has 3 N–H and O–H groups in total. The van der Waals surface area contributed by atoms with Crippen LogP contribution < -0.4 is 11.1 Å². The molecule has 19 heavy (non-hydrogen) atoms. The second-order valence-electron chi connectivity index (χ2n) is 4.67. The first-order chi connectivity index (χ1) is 8.99. The van der Waals surface area contributed by atoms with Crippen LogP contribution in [0.1, 0.15) is 11.1 Å². The van der Waals surface area contributed by atoms with Gasteiger partial charge in [0.05, 0.1) is 13.1 Å². The summed E-state index contributed by atoms with van der Waals surface area (Å²) in [4.78, 5) is 23.9. The van der Waals surface area contributed by atoms with Gasteiger partial charge in [0.1, 0.15) is 0 Å². The maximum absolute atomic E-state index is 11.6. The summed E-state index contributed by atoms with van der Waals surface area (Å²) in [7, 11) is 1.69. The predicted molar refractivity (Wildman–Crippen MR) is 74.6 cm³/mol. The van der Waals surface area contributed by atoms with Crippen molar-refractivity contribution in [1.82, 2.24) is 10.2 Å². The molecule has 0 aliphatic carbocycles. The molecule has 1 aromatic rings. The number of carbonyl (C=O) groups is 2. The maximum Gasteiger partial charge on any atom is 0.234 e. The summed E-state index contributed by atoms with van der Waals surface area (Å²) < 4.78 is 0. The van der Waals surface area contributed by atoms with Crippen molar-refractivity contribution in [3.63, 3.8) is 0 Å². The first-order valence-electron chi connectivity index (χ1n) is 6.27. The number of benzene rings is 1. The number of nitrogens with two attached hydrogens (primary N) is 1. The fraction of sp³-hybridized carbons (Fsp3) is 0.429. The van der Waals surface area contributed by atoms with Crippen molar-refractivity contribution in [2.45, 2.75) is 13.3 Å². The van der Waals surface area contributed by atoms with Gasteiger partial charge in [0.15, 0.2) is 0 Å². The number of hydrogen-bond acceptors (Lipinski definition) is 3. The van der Waals surface area contributed by atoms with Crippen LogP contribution >= 0.6 is 0 Å². The highest BCUT2D eigenvalue weighted by Gasteiger charge is 2.08. The van der Waals surface area contributed by atoms with Gasteiger partial charge in [0, 0.05) is 6.54 Å². The monoisotopic (exact) mass is 263 g/mol. The Labute approximate surface area is 113 Å². The Hall–Kier alpha value is -1.88. The van der Waals surface area contributed by atoms with Crippen LogP contribution in [0, 0.1) is 6.92 Å². The molecular weight excluding hydrogens is 242 g/mol. The van der Waals surface area contributed by atoms with Crippen LogP contribution in [0.2, 0.25) is 0 Å². The van der Waals surface area contributed by atoms with E-state index in [0.717, 1.165) is 6.42 Å². The van der Waals surface area contributed by atoms with Crippen molar-refractivity contribution < 1.29 is 9.59 Å². The fourth-order valence-corrected chi connectivity index (χ4v) is 1.85. The van der Waals surface area contributed by atoms with Crippen LogP contribution in [0.25, 0.3) is 0 Å². The Morgan fingerprint density at radius 1 is 1.26 bits per heavy atom. The predicted octanol–water partition coefficient (Wildman–Crippen LogP) is 0.0708. The summed E-state index contributed by atoms with van der Waals surface area (Å²) in [6.07, 6.45) is 0.804. The molecule has 0 heterocycles. The lowest BCUT2D eigenvalue weighted by Gasteiger charge is -2.14. The molecule has 0 atom stereocenters. The van der Waals surface area contributed by atoms with Crippen LogP contribution in [0.4, 0.5) is 0 Å². The summed E-state index contributed by atoms with van der Waals surface area (Å²) in [5.74, 6) is -0.535. The summed E-state index contributed by atoms with van der Waals surface area (Å²) in [5.41, 5.74) is 7.50. The Bertz CT molecular complexity index is 446. The average molecular weight is 263 g/mol. The zero-order valence-corrected chi connectivity index (χ0v) is 11.5. The average Bonchev–Trinajstić information content (AvgIpc) is 2.30. The molecule has 0 saturated heterocycles. The summed E-state index contributed by atoms with van der Waals surface area (Å²) in [6, 6.07) is 8.10. The highest BCUT2D eigenvalue weighted by molar-refractivity contribution is 5.80. The van der Waals surface area contributed by atoms with Crippen molar-refractivity contribution in [3.05, 3.63) is 35.4 Å². The minimum Gasteiger partial charge on any atom is -0.369 e. The smallest absolute Gasteiger partial charge is 0.234 e. The van der Waals surface area contributed by atoms with Crippen molar-refractivity contribution in [1.29, 1.82) is 0 Å². The molecule has 0 fully saturated rings. The normalized spacial score (nSPS) is 10.5. The second-order valence-corrected chi connectivity index (χ2v) is 4.67. The Kier molecular flexibility index (Phi) is 6.02. The number of amides is 2. The van der Waals surface area contributed by atoms with E-state index in [1.807, 2.05) is 12.1 Å². The number of hydrogen-bond donors (Lipinski definition) is 2. The van der Waals surface area contributed by atoms with E-state index < -0.39 is 5.91 Å². The molecule has 0 unspecified atom stereocenters. The first-order valence-corrected chi connectivity index (χ1v) is 6.27. The van der Waals surface area contributed by atoms with Crippen molar-refractivity contribution >= 4 is 11.8 Å². The lowest BCUT2D eigenvalue weighted by Crippen LogP contribution is -2.39. The molecule has 2 amide bonds. The number of primary amides is 1. The van der Waals surface area contributed by atoms with E-state index in [4.69, 9.17) is 5.73 Å². The van der Waals surface area contributed by atoms with E-state index in [-0.39, 0.29) is 19.0 Å².